The standard InChI is InChI=1S/C12H15F3N2O2/c13-12(14,15)10-2-1-3-16-11(10)19-9-6-17-4-7-18-8-5-17/h1-3H,4-9H2. The molecule has 1 aromatic heterocycles. The summed E-state index contributed by atoms with van der Waals surface area (Å²) in [6, 6.07) is 2.22. The number of halogens is 3. The lowest BCUT2D eigenvalue weighted by Gasteiger charge is -2.26. The van der Waals surface area contributed by atoms with Crippen LogP contribution in [0.15, 0.2) is 18.3 Å². The average Bonchev–Trinajstić information content (AvgIpc) is 2.39. The Morgan fingerprint density at radius 2 is 2.05 bits per heavy atom. The van der Waals surface area contributed by atoms with Crippen LogP contribution in [0.2, 0.25) is 0 Å². The summed E-state index contributed by atoms with van der Waals surface area (Å²) in [5.41, 5.74) is -0.836. The van der Waals surface area contributed by atoms with Gasteiger partial charge in [-0.2, -0.15) is 13.2 Å². The number of nitrogens with zero attached hydrogens (tertiary/aromatic N) is 2. The van der Waals surface area contributed by atoms with E-state index >= 15 is 0 Å². The van der Waals surface area contributed by atoms with Gasteiger partial charge in [0, 0.05) is 25.8 Å². The van der Waals surface area contributed by atoms with Gasteiger partial charge in [0.2, 0.25) is 5.88 Å². The van der Waals surface area contributed by atoms with Crippen LogP contribution in [0, 0.1) is 0 Å². The molecular formula is C12H15F3N2O2. The predicted octanol–water partition coefficient (Wildman–Crippen LogP) is 1.81. The van der Waals surface area contributed by atoms with E-state index in [0.717, 1.165) is 19.2 Å². The van der Waals surface area contributed by atoms with Gasteiger partial charge in [-0.05, 0) is 12.1 Å². The topological polar surface area (TPSA) is 34.6 Å². The Labute approximate surface area is 109 Å². The molecule has 0 saturated carbocycles. The highest BCUT2D eigenvalue weighted by atomic mass is 19.4. The summed E-state index contributed by atoms with van der Waals surface area (Å²) in [7, 11) is 0. The van der Waals surface area contributed by atoms with Crippen LogP contribution in [0.5, 0.6) is 5.88 Å². The van der Waals surface area contributed by atoms with Gasteiger partial charge in [0.25, 0.3) is 0 Å². The molecule has 0 atom stereocenters. The summed E-state index contributed by atoms with van der Waals surface area (Å²) >= 11 is 0. The first-order valence-corrected chi connectivity index (χ1v) is 6.02. The van der Waals surface area contributed by atoms with Crippen LogP contribution in [0.25, 0.3) is 0 Å². The van der Waals surface area contributed by atoms with Crippen molar-refractivity contribution in [3.8, 4) is 5.88 Å². The van der Waals surface area contributed by atoms with Gasteiger partial charge in [-0.25, -0.2) is 4.98 Å². The van der Waals surface area contributed by atoms with Crippen LogP contribution < -0.4 is 4.74 Å². The van der Waals surface area contributed by atoms with E-state index in [1.54, 1.807) is 0 Å². The lowest BCUT2D eigenvalue weighted by atomic mass is 10.2. The first-order valence-electron chi connectivity index (χ1n) is 6.02. The van der Waals surface area contributed by atoms with Gasteiger partial charge in [0.05, 0.1) is 13.2 Å². The molecular weight excluding hydrogens is 261 g/mol. The average molecular weight is 276 g/mol. The van der Waals surface area contributed by atoms with Gasteiger partial charge in [0.15, 0.2) is 0 Å². The normalized spacial score (nSPS) is 17.4. The molecule has 0 N–H and O–H groups in total. The number of aromatic nitrogens is 1. The summed E-state index contributed by atoms with van der Waals surface area (Å²) in [6.45, 7) is 3.60. The second kappa shape index (κ2) is 6.21. The molecule has 4 nitrogen and oxygen atoms in total. The zero-order chi connectivity index (χ0) is 13.7. The van der Waals surface area contributed by atoms with E-state index in [9.17, 15) is 13.2 Å². The highest BCUT2D eigenvalue weighted by Gasteiger charge is 2.35. The smallest absolute Gasteiger partial charge is 0.421 e. The molecule has 1 saturated heterocycles. The molecule has 2 heterocycles. The van der Waals surface area contributed by atoms with Gasteiger partial charge in [-0.1, -0.05) is 0 Å². The van der Waals surface area contributed by atoms with Crippen LogP contribution in [-0.4, -0.2) is 49.3 Å². The van der Waals surface area contributed by atoms with Crippen LogP contribution in [0.4, 0.5) is 13.2 Å². The second-order valence-corrected chi connectivity index (χ2v) is 4.16. The first kappa shape index (κ1) is 14.1. The van der Waals surface area contributed by atoms with Crippen molar-refractivity contribution in [2.24, 2.45) is 0 Å². The lowest BCUT2D eigenvalue weighted by molar-refractivity contribution is -0.139. The summed E-state index contributed by atoms with van der Waals surface area (Å²) in [4.78, 5) is 5.73. The molecule has 2 rings (SSSR count). The van der Waals surface area contributed by atoms with Crippen molar-refractivity contribution in [1.29, 1.82) is 0 Å². The highest BCUT2D eigenvalue weighted by Crippen LogP contribution is 2.34. The molecule has 0 radical (unpaired) electrons. The molecule has 1 aliphatic heterocycles. The van der Waals surface area contributed by atoms with Crippen LogP contribution >= 0.6 is 0 Å². The van der Waals surface area contributed by atoms with Crippen molar-refractivity contribution in [2.45, 2.75) is 6.18 Å². The second-order valence-electron chi connectivity index (χ2n) is 4.16. The van der Waals surface area contributed by atoms with Gasteiger partial charge < -0.3 is 9.47 Å². The molecule has 0 aliphatic carbocycles. The molecule has 0 aromatic carbocycles. The fraction of sp³-hybridized carbons (Fsp3) is 0.583. The van der Waals surface area contributed by atoms with Crippen molar-refractivity contribution in [3.05, 3.63) is 23.9 Å². The number of ether oxygens (including phenoxy) is 2. The third-order valence-corrected chi connectivity index (χ3v) is 2.83. The summed E-state index contributed by atoms with van der Waals surface area (Å²) in [6.07, 6.45) is -3.15. The van der Waals surface area contributed by atoms with Gasteiger partial charge in [0.1, 0.15) is 12.2 Å². The minimum absolute atomic E-state index is 0.181. The molecule has 0 spiro atoms. The molecule has 0 amide bonds. The largest absolute Gasteiger partial charge is 0.476 e. The Balaban J connectivity index is 1.88. The molecule has 7 heteroatoms. The minimum atomic E-state index is -4.44. The van der Waals surface area contributed by atoms with Crippen molar-refractivity contribution >= 4 is 0 Å². The number of alkyl halides is 3. The molecule has 0 unspecified atom stereocenters. The van der Waals surface area contributed by atoms with Gasteiger partial charge in [-0.3, -0.25) is 4.90 Å². The van der Waals surface area contributed by atoms with E-state index in [2.05, 4.69) is 9.88 Å². The van der Waals surface area contributed by atoms with E-state index in [1.165, 1.54) is 12.3 Å². The molecule has 0 bridgehead atoms. The Morgan fingerprint density at radius 1 is 1.32 bits per heavy atom. The quantitative estimate of drug-likeness (QED) is 0.840. The Hall–Kier alpha value is -1.34. The summed E-state index contributed by atoms with van der Waals surface area (Å²) < 4.78 is 48.4. The Morgan fingerprint density at radius 3 is 2.74 bits per heavy atom. The number of morpholine rings is 1. The van der Waals surface area contributed by atoms with Crippen LogP contribution in [0.1, 0.15) is 5.56 Å². The third kappa shape index (κ3) is 4.07. The number of rotatable bonds is 4. The van der Waals surface area contributed by atoms with Crippen molar-refractivity contribution in [3.63, 3.8) is 0 Å². The molecule has 106 valence electrons. The summed E-state index contributed by atoms with van der Waals surface area (Å²) in [5, 5.41) is 0. The van der Waals surface area contributed by atoms with Gasteiger partial charge >= 0.3 is 6.18 Å². The Bertz CT molecular complexity index is 406. The zero-order valence-corrected chi connectivity index (χ0v) is 10.3. The van der Waals surface area contributed by atoms with Crippen molar-refractivity contribution in [1.82, 2.24) is 9.88 Å². The SMILES string of the molecule is FC(F)(F)c1cccnc1OCCN1CCOCC1. The number of pyridine rings is 1. The number of hydrogen-bond donors (Lipinski definition) is 0. The maximum atomic E-state index is 12.7. The minimum Gasteiger partial charge on any atom is -0.476 e. The Kier molecular flexibility index (Phi) is 4.60. The van der Waals surface area contributed by atoms with Gasteiger partial charge in [-0.15, -0.1) is 0 Å². The molecule has 1 fully saturated rings. The van der Waals surface area contributed by atoms with Crippen LogP contribution in [0.3, 0.4) is 0 Å². The molecule has 1 aromatic rings. The maximum absolute atomic E-state index is 12.7. The first-order chi connectivity index (χ1) is 9.07. The van der Waals surface area contributed by atoms with Crippen molar-refractivity contribution < 1.29 is 22.6 Å². The van der Waals surface area contributed by atoms with E-state index in [0.29, 0.717) is 19.8 Å². The summed E-state index contributed by atoms with van der Waals surface area (Å²) in [5.74, 6) is -0.358. The fourth-order valence-corrected chi connectivity index (χ4v) is 1.82. The lowest BCUT2D eigenvalue weighted by Crippen LogP contribution is -2.38. The predicted molar refractivity (Wildman–Crippen MR) is 62.0 cm³/mol. The van der Waals surface area contributed by atoms with Crippen molar-refractivity contribution in [2.75, 3.05) is 39.5 Å². The van der Waals surface area contributed by atoms with E-state index in [1.807, 2.05) is 0 Å². The molecule has 19 heavy (non-hydrogen) atoms. The monoisotopic (exact) mass is 276 g/mol. The maximum Gasteiger partial charge on any atom is 0.421 e. The van der Waals surface area contributed by atoms with Crippen LogP contribution in [-0.2, 0) is 10.9 Å². The van der Waals surface area contributed by atoms with E-state index < -0.39 is 11.7 Å². The van der Waals surface area contributed by atoms with E-state index in [-0.39, 0.29) is 12.5 Å². The zero-order valence-electron chi connectivity index (χ0n) is 10.3. The third-order valence-electron chi connectivity index (χ3n) is 2.83. The fourth-order valence-electron chi connectivity index (χ4n) is 1.82. The van der Waals surface area contributed by atoms with E-state index in [4.69, 9.17) is 9.47 Å². The molecule has 1 aliphatic rings. The number of hydrogen-bond acceptors (Lipinski definition) is 4. The highest BCUT2D eigenvalue weighted by molar-refractivity contribution is 5.28.